The molecule has 0 aliphatic rings. The molecule has 170 valence electrons. The highest BCUT2D eigenvalue weighted by atomic mass is 19.1. The number of ether oxygens (including phenoxy) is 2. The average molecular weight is 456 g/mol. The van der Waals surface area contributed by atoms with Crippen molar-refractivity contribution in [3.8, 4) is 11.5 Å². The quantitative estimate of drug-likeness (QED) is 0.181. The Morgan fingerprint density at radius 3 is 2.41 bits per heavy atom. The minimum absolute atomic E-state index is 0.143. The molecule has 0 radical (unpaired) electrons. The lowest BCUT2D eigenvalue weighted by atomic mass is 10.1. The monoisotopic (exact) mass is 456 g/mol. The van der Waals surface area contributed by atoms with E-state index in [0.717, 1.165) is 10.8 Å². The molecule has 0 aromatic heterocycles. The summed E-state index contributed by atoms with van der Waals surface area (Å²) in [6.45, 7) is 1.64. The van der Waals surface area contributed by atoms with Gasteiger partial charge in [0.2, 0.25) is 0 Å². The predicted molar refractivity (Wildman–Crippen MR) is 128 cm³/mol. The lowest BCUT2D eigenvalue weighted by Gasteiger charge is -2.14. The number of carbonyl (C=O) groups excluding carboxylic acids is 2. The highest BCUT2D eigenvalue weighted by molar-refractivity contribution is 5.91. The number of fused-ring (bicyclic) bond motifs is 1. The molecule has 0 aliphatic heterocycles. The van der Waals surface area contributed by atoms with Crippen molar-refractivity contribution >= 4 is 28.9 Å². The van der Waals surface area contributed by atoms with Gasteiger partial charge in [-0.25, -0.2) is 14.6 Å². The fraction of sp³-hybridized carbons (Fsp3) is 0.0741. The molecular formula is C27H21FN2O4. The van der Waals surface area contributed by atoms with Crippen molar-refractivity contribution in [1.29, 1.82) is 0 Å². The van der Waals surface area contributed by atoms with Crippen molar-refractivity contribution in [3.05, 3.63) is 108 Å². The van der Waals surface area contributed by atoms with Gasteiger partial charge in [-0.3, -0.25) is 4.79 Å². The summed E-state index contributed by atoms with van der Waals surface area (Å²) in [6.07, 6.45) is 0.688. The molecule has 4 aromatic carbocycles. The van der Waals surface area contributed by atoms with E-state index in [1.54, 1.807) is 37.3 Å². The van der Waals surface area contributed by atoms with Crippen LogP contribution >= 0.6 is 0 Å². The van der Waals surface area contributed by atoms with E-state index in [1.807, 2.05) is 42.5 Å². The third-order valence-electron chi connectivity index (χ3n) is 5.00. The molecule has 0 heterocycles. The summed E-state index contributed by atoms with van der Waals surface area (Å²) in [4.78, 5) is 24.5. The first-order chi connectivity index (χ1) is 16.5. The van der Waals surface area contributed by atoms with Crippen LogP contribution < -0.4 is 14.9 Å². The normalized spacial score (nSPS) is 11.8. The van der Waals surface area contributed by atoms with E-state index in [-0.39, 0.29) is 11.3 Å². The average Bonchev–Trinajstić information content (AvgIpc) is 2.85. The van der Waals surface area contributed by atoms with Crippen LogP contribution in [0.25, 0.3) is 10.8 Å². The predicted octanol–water partition coefficient (Wildman–Crippen LogP) is 5.12. The number of carbonyl (C=O) groups is 2. The minimum Gasteiger partial charge on any atom is -0.480 e. The number of benzene rings is 4. The maximum absolute atomic E-state index is 13.7. The fourth-order valence-corrected chi connectivity index (χ4v) is 3.21. The number of amides is 1. The Kier molecular flexibility index (Phi) is 6.93. The number of nitrogens with zero attached hydrogens (tertiary/aromatic N) is 1. The van der Waals surface area contributed by atoms with Gasteiger partial charge in [-0.05, 0) is 60.3 Å². The summed E-state index contributed by atoms with van der Waals surface area (Å²) in [5, 5.41) is 5.90. The molecule has 4 rings (SSSR count). The van der Waals surface area contributed by atoms with Crippen LogP contribution in [-0.4, -0.2) is 24.2 Å². The minimum atomic E-state index is -0.785. The number of esters is 1. The molecule has 6 nitrogen and oxygen atoms in total. The zero-order chi connectivity index (χ0) is 23.9. The van der Waals surface area contributed by atoms with Crippen LogP contribution in [0.3, 0.4) is 0 Å². The number of hydrazone groups is 1. The molecule has 0 aliphatic carbocycles. The lowest BCUT2D eigenvalue weighted by molar-refractivity contribution is -0.127. The number of nitrogens with one attached hydrogen (secondary N) is 1. The zero-order valence-electron chi connectivity index (χ0n) is 18.3. The second kappa shape index (κ2) is 10.4. The van der Waals surface area contributed by atoms with Crippen LogP contribution in [0.1, 0.15) is 22.8 Å². The Bertz CT molecular complexity index is 1350. The summed E-state index contributed by atoms with van der Waals surface area (Å²) in [5.41, 5.74) is 2.97. The molecule has 0 fully saturated rings. The third kappa shape index (κ3) is 5.45. The van der Waals surface area contributed by atoms with Crippen molar-refractivity contribution < 1.29 is 23.5 Å². The van der Waals surface area contributed by atoms with Crippen molar-refractivity contribution in [2.24, 2.45) is 5.10 Å². The number of halogens is 1. The fourth-order valence-electron chi connectivity index (χ4n) is 3.21. The van der Waals surface area contributed by atoms with Gasteiger partial charge < -0.3 is 9.47 Å². The zero-order valence-corrected chi connectivity index (χ0v) is 18.3. The van der Waals surface area contributed by atoms with Crippen molar-refractivity contribution in [2.75, 3.05) is 0 Å². The summed E-state index contributed by atoms with van der Waals surface area (Å²) in [6, 6.07) is 25.4. The first-order valence-electron chi connectivity index (χ1n) is 10.6. The maximum Gasteiger partial charge on any atom is 0.346 e. The van der Waals surface area contributed by atoms with E-state index in [0.29, 0.717) is 11.3 Å². The van der Waals surface area contributed by atoms with Crippen LogP contribution in [0.4, 0.5) is 4.39 Å². The van der Waals surface area contributed by atoms with E-state index in [2.05, 4.69) is 10.5 Å². The smallest absolute Gasteiger partial charge is 0.346 e. The Morgan fingerprint density at radius 2 is 1.62 bits per heavy atom. The Morgan fingerprint density at radius 1 is 0.912 bits per heavy atom. The summed E-state index contributed by atoms with van der Waals surface area (Å²) < 4.78 is 24.7. The van der Waals surface area contributed by atoms with Gasteiger partial charge in [0.15, 0.2) is 6.10 Å². The summed E-state index contributed by atoms with van der Waals surface area (Å²) in [5.74, 6) is -0.964. The van der Waals surface area contributed by atoms with Gasteiger partial charge >= 0.3 is 5.97 Å². The second-order valence-corrected chi connectivity index (χ2v) is 7.41. The highest BCUT2D eigenvalue weighted by Gasteiger charge is 2.15. The molecule has 1 N–H and O–H groups in total. The first kappa shape index (κ1) is 22.7. The van der Waals surface area contributed by atoms with E-state index in [4.69, 9.17) is 9.47 Å². The topological polar surface area (TPSA) is 77.0 Å². The van der Waals surface area contributed by atoms with Gasteiger partial charge in [-0.15, -0.1) is 0 Å². The molecule has 0 spiro atoms. The van der Waals surface area contributed by atoms with E-state index in [1.165, 1.54) is 24.4 Å². The SMILES string of the molecule is CC(Oc1cccc2ccccc12)C(=O)N/N=C/c1ccc(OC(=O)c2ccccc2F)cc1. The van der Waals surface area contributed by atoms with Gasteiger partial charge in [0.25, 0.3) is 5.91 Å². The van der Waals surface area contributed by atoms with Gasteiger partial charge in [0.1, 0.15) is 17.3 Å². The molecule has 0 saturated heterocycles. The van der Waals surface area contributed by atoms with Crippen LogP contribution in [0.5, 0.6) is 11.5 Å². The van der Waals surface area contributed by atoms with Gasteiger partial charge in [-0.1, -0.05) is 48.5 Å². The van der Waals surface area contributed by atoms with Gasteiger partial charge in [-0.2, -0.15) is 5.10 Å². The number of rotatable bonds is 7. The summed E-state index contributed by atoms with van der Waals surface area (Å²) >= 11 is 0. The molecule has 7 heteroatoms. The number of hydrogen-bond donors (Lipinski definition) is 1. The molecular weight excluding hydrogens is 435 g/mol. The van der Waals surface area contributed by atoms with Crippen LogP contribution in [0.2, 0.25) is 0 Å². The second-order valence-electron chi connectivity index (χ2n) is 7.41. The molecule has 0 saturated carbocycles. The van der Waals surface area contributed by atoms with Crippen molar-refractivity contribution in [1.82, 2.24) is 5.43 Å². The lowest BCUT2D eigenvalue weighted by Crippen LogP contribution is -2.33. The molecule has 0 bridgehead atoms. The van der Waals surface area contributed by atoms with E-state index >= 15 is 0 Å². The molecule has 4 aromatic rings. The molecule has 1 unspecified atom stereocenters. The molecule has 1 amide bonds. The van der Waals surface area contributed by atoms with Crippen LogP contribution in [0.15, 0.2) is 96.1 Å². The van der Waals surface area contributed by atoms with Crippen LogP contribution in [-0.2, 0) is 4.79 Å². The highest BCUT2D eigenvalue weighted by Crippen LogP contribution is 2.26. The van der Waals surface area contributed by atoms with Crippen molar-refractivity contribution in [3.63, 3.8) is 0 Å². The summed E-state index contributed by atoms with van der Waals surface area (Å²) in [7, 11) is 0. The van der Waals surface area contributed by atoms with Crippen LogP contribution in [0, 0.1) is 5.82 Å². The Labute approximate surface area is 195 Å². The third-order valence-corrected chi connectivity index (χ3v) is 5.00. The largest absolute Gasteiger partial charge is 0.480 e. The van der Waals surface area contributed by atoms with Gasteiger partial charge in [0, 0.05) is 5.39 Å². The van der Waals surface area contributed by atoms with E-state index in [9.17, 15) is 14.0 Å². The first-order valence-corrected chi connectivity index (χ1v) is 10.6. The Hall–Kier alpha value is -4.52. The molecule has 1 atom stereocenters. The number of hydrogen-bond acceptors (Lipinski definition) is 5. The maximum atomic E-state index is 13.7. The van der Waals surface area contributed by atoms with E-state index < -0.39 is 23.8 Å². The Balaban J connectivity index is 1.31. The van der Waals surface area contributed by atoms with Crippen molar-refractivity contribution in [2.45, 2.75) is 13.0 Å². The molecule has 34 heavy (non-hydrogen) atoms. The standard InChI is InChI=1S/C27H21FN2O4/c1-18(33-25-12-6-8-20-7-2-3-9-22(20)25)26(31)30-29-17-19-13-15-21(16-14-19)34-27(32)23-10-4-5-11-24(23)28/h2-18H,1H3,(H,30,31)/b29-17+. The van der Waals surface area contributed by atoms with Gasteiger partial charge in [0.05, 0.1) is 11.8 Å².